The molecule has 0 saturated heterocycles. The first kappa shape index (κ1) is 8.61. The Balaban J connectivity index is 1.95. The molecular weight excluding hydrogens is 212 g/mol. The number of halogens is 1. The first-order valence-corrected chi connectivity index (χ1v) is 4.92. The van der Waals surface area contributed by atoms with Gasteiger partial charge in [0.2, 0.25) is 0 Å². The van der Waals surface area contributed by atoms with Crippen molar-refractivity contribution in [3.63, 3.8) is 0 Å². The van der Waals surface area contributed by atoms with Gasteiger partial charge in [-0.15, -0.1) is 0 Å². The molecule has 3 heterocycles. The number of hydrogen-bond donors (Lipinski definition) is 0. The van der Waals surface area contributed by atoms with Gasteiger partial charge >= 0.3 is 0 Å². The molecule has 5 heteroatoms. The summed E-state index contributed by atoms with van der Waals surface area (Å²) in [7, 11) is 0. The molecule has 3 rings (SSSR count). The largest absolute Gasteiger partial charge is 0.326 e. The zero-order chi connectivity index (χ0) is 10.3. The van der Waals surface area contributed by atoms with Crippen molar-refractivity contribution >= 4 is 29.3 Å². The highest BCUT2D eigenvalue weighted by atomic mass is 35.5. The summed E-state index contributed by atoms with van der Waals surface area (Å²) < 4.78 is 0. The van der Waals surface area contributed by atoms with Crippen LogP contribution in [0.15, 0.2) is 40.2 Å². The van der Waals surface area contributed by atoms with Crippen LogP contribution < -0.4 is 4.90 Å². The topological polar surface area (TPSA) is 40.9 Å². The number of rotatable bonds is 1. The van der Waals surface area contributed by atoms with Gasteiger partial charge in [0.1, 0.15) is 11.0 Å². The fourth-order valence-corrected chi connectivity index (χ4v) is 1.76. The minimum Gasteiger partial charge on any atom is -0.326 e. The van der Waals surface area contributed by atoms with E-state index in [0.29, 0.717) is 11.7 Å². The normalized spacial score (nSPS) is 17.8. The van der Waals surface area contributed by atoms with E-state index in [1.165, 1.54) is 0 Å². The number of aromatic nitrogens is 1. The van der Waals surface area contributed by atoms with E-state index in [1.807, 2.05) is 23.2 Å². The van der Waals surface area contributed by atoms with Crippen molar-refractivity contribution < 1.29 is 0 Å². The molecule has 0 N–H and O–H groups in total. The van der Waals surface area contributed by atoms with Gasteiger partial charge in [0.15, 0.2) is 0 Å². The lowest BCUT2D eigenvalue weighted by Gasteiger charge is -2.13. The highest BCUT2D eigenvalue weighted by molar-refractivity contribution is 6.29. The van der Waals surface area contributed by atoms with Crippen molar-refractivity contribution in [2.75, 3.05) is 11.4 Å². The zero-order valence-corrected chi connectivity index (χ0v) is 8.52. The molecule has 0 spiro atoms. The molecular formula is C10H7ClN4. The molecule has 0 radical (unpaired) electrons. The Bertz CT molecular complexity index is 504. The highest BCUT2D eigenvalue weighted by Gasteiger charge is 2.22. The van der Waals surface area contributed by atoms with Crippen molar-refractivity contribution in [3.05, 3.63) is 35.1 Å². The maximum Gasteiger partial charge on any atom is 0.134 e. The summed E-state index contributed by atoms with van der Waals surface area (Å²) >= 11 is 5.83. The third-order valence-electron chi connectivity index (χ3n) is 2.32. The van der Waals surface area contributed by atoms with Gasteiger partial charge in [0, 0.05) is 11.8 Å². The van der Waals surface area contributed by atoms with Crippen molar-refractivity contribution in [3.8, 4) is 0 Å². The van der Waals surface area contributed by atoms with E-state index in [9.17, 15) is 0 Å². The lowest BCUT2D eigenvalue weighted by atomic mass is 10.2. The summed E-state index contributed by atoms with van der Waals surface area (Å²) in [5.74, 6) is 0.834. The second kappa shape index (κ2) is 3.17. The molecule has 0 saturated carbocycles. The average Bonchev–Trinajstić information content (AvgIpc) is 2.76. The third-order valence-corrected chi connectivity index (χ3v) is 2.53. The molecule has 0 bridgehead atoms. The van der Waals surface area contributed by atoms with Gasteiger partial charge in [0.25, 0.3) is 0 Å². The first-order chi connectivity index (χ1) is 7.33. The highest BCUT2D eigenvalue weighted by Crippen LogP contribution is 2.22. The van der Waals surface area contributed by atoms with Gasteiger partial charge in [-0.1, -0.05) is 17.7 Å². The van der Waals surface area contributed by atoms with Crippen LogP contribution in [0.3, 0.4) is 0 Å². The lowest BCUT2D eigenvalue weighted by molar-refractivity contribution is 1.08. The molecule has 0 fully saturated rings. The molecule has 74 valence electrons. The van der Waals surface area contributed by atoms with Gasteiger partial charge in [-0.05, 0) is 12.1 Å². The van der Waals surface area contributed by atoms with Crippen LogP contribution in [-0.2, 0) is 0 Å². The van der Waals surface area contributed by atoms with E-state index < -0.39 is 0 Å². The molecule has 0 unspecified atom stereocenters. The number of pyridine rings is 1. The number of anilines is 1. The van der Waals surface area contributed by atoms with Crippen LogP contribution in [0.5, 0.6) is 0 Å². The minimum absolute atomic E-state index is 0.499. The van der Waals surface area contributed by atoms with Crippen LogP contribution >= 0.6 is 11.6 Å². The van der Waals surface area contributed by atoms with Gasteiger partial charge < -0.3 is 4.90 Å². The van der Waals surface area contributed by atoms with Crippen LogP contribution in [-0.4, -0.2) is 23.5 Å². The molecule has 4 nitrogen and oxygen atoms in total. The molecule has 0 amide bonds. The Morgan fingerprint density at radius 1 is 1.33 bits per heavy atom. The maximum atomic E-state index is 5.83. The van der Waals surface area contributed by atoms with Crippen LogP contribution in [0.25, 0.3) is 0 Å². The predicted molar refractivity (Wildman–Crippen MR) is 60.6 cm³/mol. The first-order valence-electron chi connectivity index (χ1n) is 4.54. The van der Waals surface area contributed by atoms with E-state index in [4.69, 9.17) is 11.6 Å². The van der Waals surface area contributed by atoms with E-state index in [2.05, 4.69) is 15.2 Å². The van der Waals surface area contributed by atoms with E-state index in [-0.39, 0.29) is 0 Å². The summed E-state index contributed by atoms with van der Waals surface area (Å²) in [6.45, 7) is 0.711. The van der Waals surface area contributed by atoms with Crippen LogP contribution in [0.1, 0.15) is 0 Å². The zero-order valence-electron chi connectivity index (χ0n) is 7.76. The van der Waals surface area contributed by atoms with Crippen molar-refractivity contribution in [2.45, 2.75) is 0 Å². The molecule has 1 aromatic rings. The molecule has 15 heavy (non-hydrogen) atoms. The van der Waals surface area contributed by atoms with Gasteiger partial charge in [0.05, 0.1) is 18.5 Å². The molecule has 0 aliphatic carbocycles. The van der Waals surface area contributed by atoms with Crippen molar-refractivity contribution in [1.82, 2.24) is 4.98 Å². The second-order valence-electron chi connectivity index (χ2n) is 3.32. The molecule has 0 aromatic carbocycles. The van der Waals surface area contributed by atoms with Crippen LogP contribution in [0.2, 0.25) is 5.15 Å². The minimum atomic E-state index is 0.499. The van der Waals surface area contributed by atoms with Gasteiger partial charge in [-0.25, -0.2) is 4.98 Å². The monoisotopic (exact) mass is 218 g/mol. The van der Waals surface area contributed by atoms with Crippen LogP contribution in [0.4, 0.5) is 5.82 Å². The van der Waals surface area contributed by atoms with Gasteiger partial charge in [-0.2, -0.15) is 10.2 Å². The molecule has 0 atom stereocenters. The summed E-state index contributed by atoms with van der Waals surface area (Å²) in [5.41, 5.74) is 2.04. The smallest absolute Gasteiger partial charge is 0.134 e. The Kier molecular flexibility index (Phi) is 1.82. The fraction of sp³-hybridized carbons (Fsp3) is 0.100. The summed E-state index contributed by atoms with van der Waals surface area (Å²) in [6.07, 6.45) is 3.73. The standard InChI is InChI=1S/C10H7ClN4/c11-9-2-1-3-10(13-9)15-5-7-4-12-14-8(7)6-15/h1-5H,6H2. The predicted octanol–water partition coefficient (Wildman–Crippen LogP) is 1.88. The molecule has 2 aliphatic rings. The summed E-state index contributed by atoms with van der Waals surface area (Å²) in [6, 6.07) is 5.56. The quantitative estimate of drug-likeness (QED) is 0.676. The number of hydrogen-bond acceptors (Lipinski definition) is 4. The lowest BCUT2D eigenvalue weighted by Crippen LogP contribution is -2.18. The SMILES string of the molecule is Clc1cccc(N2C=C3C=NN=C3C2)n1. The Morgan fingerprint density at radius 2 is 2.27 bits per heavy atom. The molecule has 1 aromatic heterocycles. The van der Waals surface area contributed by atoms with E-state index in [1.54, 1.807) is 12.3 Å². The number of fused-ring (bicyclic) bond motifs is 1. The number of nitrogens with zero attached hydrogens (tertiary/aromatic N) is 4. The Morgan fingerprint density at radius 3 is 3.07 bits per heavy atom. The van der Waals surface area contributed by atoms with Crippen LogP contribution in [0, 0.1) is 0 Å². The molecule has 2 aliphatic heterocycles. The van der Waals surface area contributed by atoms with Gasteiger partial charge in [-0.3, -0.25) is 0 Å². The maximum absolute atomic E-state index is 5.83. The van der Waals surface area contributed by atoms with Crippen molar-refractivity contribution in [2.24, 2.45) is 10.2 Å². The van der Waals surface area contributed by atoms with Crippen molar-refractivity contribution in [1.29, 1.82) is 0 Å². The fourth-order valence-electron chi connectivity index (χ4n) is 1.60. The summed E-state index contributed by atoms with van der Waals surface area (Å²) in [4.78, 5) is 6.23. The summed E-state index contributed by atoms with van der Waals surface area (Å²) in [5, 5.41) is 8.35. The average molecular weight is 219 g/mol. The third kappa shape index (κ3) is 1.43. The Labute approximate surface area is 91.6 Å². The second-order valence-corrected chi connectivity index (χ2v) is 3.71. The Hall–Kier alpha value is -1.68. The van der Waals surface area contributed by atoms with E-state index >= 15 is 0 Å². The van der Waals surface area contributed by atoms with E-state index in [0.717, 1.165) is 17.1 Å².